The molecule has 0 aliphatic carbocycles. The van der Waals surface area contributed by atoms with E-state index in [1.807, 2.05) is 0 Å². The molecule has 0 spiro atoms. The summed E-state index contributed by atoms with van der Waals surface area (Å²) >= 11 is 0. The summed E-state index contributed by atoms with van der Waals surface area (Å²) in [6.07, 6.45) is 1.32. The van der Waals surface area contributed by atoms with Crippen molar-refractivity contribution < 1.29 is 18.1 Å². The molecule has 7 heteroatoms. The van der Waals surface area contributed by atoms with Crippen LogP contribution in [0, 0.1) is 11.6 Å². The smallest absolute Gasteiger partial charge is 0.259 e. The van der Waals surface area contributed by atoms with Gasteiger partial charge in [-0.1, -0.05) is 12.1 Å². The number of amides is 1. The highest BCUT2D eigenvalue weighted by Gasteiger charge is 2.26. The fraction of sp³-hybridized carbons (Fsp3) is 0.375. The standard InChI is InChI=1S/C16H17F2N3O2/c1-2-20-5-7-21(8-6-20)16(22)12-10-19-23-15(12)11-3-4-13(17)14(18)9-11/h3-4,9-10H,2,5-8H2,1H3. The number of benzene rings is 1. The molecular weight excluding hydrogens is 304 g/mol. The highest BCUT2D eigenvalue weighted by atomic mass is 19.2. The average molecular weight is 321 g/mol. The Morgan fingerprint density at radius 2 is 1.96 bits per heavy atom. The van der Waals surface area contributed by atoms with Gasteiger partial charge in [0.25, 0.3) is 5.91 Å². The second kappa shape index (κ2) is 6.45. The van der Waals surface area contributed by atoms with Gasteiger partial charge in [-0.25, -0.2) is 8.78 Å². The van der Waals surface area contributed by atoms with Gasteiger partial charge in [0, 0.05) is 31.7 Å². The lowest BCUT2D eigenvalue weighted by Gasteiger charge is -2.33. The molecule has 2 heterocycles. The summed E-state index contributed by atoms with van der Waals surface area (Å²) < 4.78 is 31.6. The summed E-state index contributed by atoms with van der Waals surface area (Å²) in [5.41, 5.74) is 0.554. The molecule has 1 aromatic heterocycles. The van der Waals surface area contributed by atoms with Gasteiger partial charge < -0.3 is 14.3 Å². The average Bonchev–Trinajstić information content (AvgIpc) is 3.06. The Labute approximate surface area is 132 Å². The van der Waals surface area contributed by atoms with E-state index in [-0.39, 0.29) is 22.8 Å². The summed E-state index contributed by atoms with van der Waals surface area (Å²) in [7, 11) is 0. The second-order valence-corrected chi connectivity index (χ2v) is 5.42. The van der Waals surface area contributed by atoms with Crippen LogP contribution in [0.4, 0.5) is 8.78 Å². The molecule has 1 saturated heterocycles. The molecular formula is C16H17F2N3O2. The summed E-state index contributed by atoms with van der Waals surface area (Å²) in [6.45, 7) is 5.90. The van der Waals surface area contributed by atoms with E-state index in [1.165, 1.54) is 12.3 Å². The Morgan fingerprint density at radius 3 is 2.61 bits per heavy atom. The summed E-state index contributed by atoms with van der Waals surface area (Å²) in [6, 6.07) is 3.37. The van der Waals surface area contributed by atoms with E-state index in [0.717, 1.165) is 31.8 Å². The van der Waals surface area contributed by atoms with Crippen molar-refractivity contribution in [3.8, 4) is 11.3 Å². The van der Waals surface area contributed by atoms with E-state index in [0.29, 0.717) is 13.1 Å². The van der Waals surface area contributed by atoms with Gasteiger partial charge >= 0.3 is 0 Å². The zero-order valence-corrected chi connectivity index (χ0v) is 12.8. The van der Waals surface area contributed by atoms with E-state index < -0.39 is 11.6 Å². The van der Waals surface area contributed by atoms with Crippen LogP contribution in [0.1, 0.15) is 17.3 Å². The van der Waals surface area contributed by atoms with Crippen LogP contribution < -0.4 is 0 Å². The number of hydrogen-bond acceptors (Lipinski definition) is 4. The van der Waals surface area contributed by atoms with E-state index in [4.69, 9.17) is 4.52 Å². The van der Waals surface area contributed by atoms with Gasteiger partial charge in [0.15, 0.2) is 17.4 Å². The Balaban J connectivity index is 1.83. The molecule has 0 bridgehead atoms. The van der Waals surface area contributed by atoms with Crippen molar-refractivity contribution in [1.82, 2.24) is 15.0 Å². The lowest BCUT2D eigenvalue weighted by Crippen LogP contribution is -2.48. The van der Waals surface area contributed by atoms with Gasteiger partial charge in [-0.3, -0.25) is 4.79 Å². The predicted octanol–water partition coefficient (Wildman–Crippen LogP) is 2.40. The molecule has 122 valence electrons. The number of piperazine rings is 1. The molecule has 0 unspecified atom stereocenters. The van der Waals surface area contributed by atoms with E-state index in [2.05, 4.69) is 17.0 Å². The van der Waals surface area contributed by atoms with Crippen molar-refractivity contribution in [2.75, 3.05) is 32.7 Å². The van der Waals surface area contributed by atoms with E-state index >= 15 is 0 Å². The molecule has 1 aliphatic rings. The third kappa shape index (κ3) is 3.10. The van der Waals surface area contributed by atoms with Crippen LogP contribution in [0.3, 0.4) is 0 Å². The number of aromatic nitrogens is 1. The van der Waals surface area contributed by atoms with Crippen LogP contribution in [-0.2, 0) is 0 Å². The van der Waals surface area contributed by atoms with Gasteiger partial charge in [0.1, 0.15) is 5.56 Å². The van der Waals surface area contributed by atoms with Gasteiger partial charge in [0.05, 0.1) is 6.20 Å². The molecule has 1 aromatic carbocycles. The molecule has 2 aromatic rings. The maximum atomic E-state index is 13.4. The molecule has 1 amide bonds. The number of hydrogen-bond donors (Lipinski definition) is 0. The van der Waals surface area contributed by atoms with Crippen molar-refractivity contribution in [3.05, 3.63) is 41.6 Å². The minimum absolute atomic E-state index is 0.159. The van der Waals surface area contributed by atoms with E-state index in [1.54, 1.807) is 4.90 Å². The van der Waals surface area contributed by atoms with Crippen molar-refractivity contribution in [2.45, 2.75) is 6.92 Å². The Kier molecular flexibility index (Phi) is 4.38. The topological polar surface area (TPSA) is 49.6 Å². The highest BCUT2D eigenvalue weighted by molar-refractivity contribution is 5.99. The highest BCUT2D eigenvalue weighted by Crippen LogP contribution is 2.26. The number of halogens is 2. The maximum Gasteiger partial charge on any atom is 0.259 e. The zero-order chi connectivity index (χ0) is 16.4. The first-order chi connectivity index (χ1) is 11.1. The zero-order valence-electron chi connectivity index (χ0n) is 12.8. The van der Waals surface area contributed by atoms with Gasteiger partial charge in [-0.05, 0) is 24.7 Å². The van der Waals surface area contributed by atoms with E-state index in [9.17, 15) is 13.6 Å². The molecule has 0 atom stereocenters. The lowest BCUT2D eigenvalue weighted by molar-refractivity contribution is 0.0643. The molecule has 1 fully saturated rings. The van der Waals surface area contributed by atoms with Crippen molar-refractivity contribution >= 4 is 5.91 Å². The fourth-order valence-electron chi connectivity index (χ4n) is 2.68. The number of rotatable bonds is 3. The van der Waals surface area contributed by atoms with Crippen LogP contribution in [0.5, 0.6) is 0 Å². The van der Waals surface area contributed by atoms with Crippen LogP contribution in [-0.4, -0.2) is 53.6 Å². The first-order valence-corrected chi connectivity index (χ1v) is 7.52. The quantitative estimate of drug-likeness (QED) is 0.871. The minimum Gasteiger partial charge on any atom is -0.355 e. The molecule has 1 aliphatic heterocycles. The predicted molar refractivity (Wildman–Crippen MR) is 79.9 cm³/mol. The summed E-state index contributed by atoms with van der Waals surface area (Å²) in [4.78, 5) is 16.6. The summed E-state index contributed by atoms with van der Waals surface area (Å²) in [5.74, 6) is -1.99. The molecule has 3 rings (SSSR count). The first kappa shape index (κ1) is 15.6. The monoisotopic (exact) mass is 321 g/mol. The molecule has 0 radical (unpaired) electrons. The molecule has 23 heavy (non-hydrogen) atoms. The molecule has 0 N–H and O–H groups in total. The van der Waals surface area contributed by atoms with Crippen molar-refractivity contribution in [3.63, 3.8) is 0 Å². The number of carbonyl (C=O) groups excluding carboxylic acids is 1. The van der Waals surface area contributed by atoms with Gasteiger partial charge in [0.2, 0.25) is 0 Å². The SMILES string of the molecule is CCN1CCN(C(=O)c2cnoc2-c2ccc(F)c(F)c2)CC1. The third-order valence-electron chi connectivity index (χ3n) is 4.09. The first-order valence-electron chi connectivity index (χ1n) is 7.52. The lowest BCUT2D eigenvalue weighted by atomic mass is 10.1. The van der Waals surface area contributed by atoms with Crippen molar-refractivity contribution in [2.24, 2.45) is 0 Å². The van der Waals surface area contributed by atoms with Crippen molar-refractivity contribution in [1.29, 1.82) is 0 Å². The summed E-state index contributed by atoms with van der Waals surface area (Å²) in [5, 5.41) is 3.65. The molecule has 0 saturated carbocycles. The van der Waals surface area contributed by atoms with Crippen LogP contribution in [0.15, 0.2) is 28.9 Å². The minimum atomic E-state index is -0.992. The number of likely N-dealkylation sites (N-methyl/N-ethyl adjacent to an activating group) is 1. The van der Waals surface area contributed by atoms with Gasteiger partial charge in [-0.15, -0.1) is 0 Å². The fourth-order valence-corrected chi connectivity index (χ4v) is 2.68. The van der Waals surface area contributed by atoms with Gasteiger partial charge in [-0.2, -0.15) is 0 Å². The maximum absolute atomic E-state index is 13.4. The molecule has 5 nitrogen and oxygen atoms in total. The normalized spacial score (nSPS) is 15.9. The number of carbonyl (C=O) groups is 1. The Morgan fingerprint density at radius 1 is 1.22 bits per heavy atom. The van der Waals surface area contributed by atoms with Crippen LogP contribution in [0.2, 0.25) is 0 Å². The Hall–Kier alpha value is -2.28. The third-order valence-corrected chi connectivity index (χ3v) is 4.09. The largest absolute Gasteiger partial charge is 0.355 e. The Bertz CT molecular complexity index is 709. The van der Waals surface area contributed by atoms with Crippen LogP contribution in [0.25, 0.3) is 11.3 Å². The van der Waals surface area contributed by atoms with Crippen LogP contribution >= 0.6 is 0 Å². The number of nitrogens with zero attached hydrogens (tertiary/aromatic N) is 3. The second-order valence-electron chi connectivity index (χ2n) is 5.42.